The Labute approximate surface area is 158 Å². The summed E-state index contributed by atoms with van der Waals surface area (Å²) in [6, 6.07) is 8.64. The SMILES string of the molecule is [CH2]Nc1ccc(C(F)(F)F)c(N2CCN(c3cccc(C(F)(F)F)c3)CC2)c1. The van der Waals surface area contributed by atoms with Crippen molar-refractivity contribution in [1.82, 2.24) is 0 Å². The maximum Gasteiger partial charge on any atom is 0.418 e. The quantitative estimate of drug-likeness (QED) is 0.707. The molecule has 1 N–H and O–H groups in total. The molecule has 28 heavy (non-hydrogen) atoms. The molecule has 0 unspecified atom stereocenters. The van der Waals surface area contributed by atoms with Gasteiger partial charge in [-0.1, -0.05) is 6.07 Å². The topological polar surface area (TPSA) is 18.5 Å². The summed E-state index contributed by atoms with van der Waals surface area (Å²) in [5, 5.41) is 2.58. The number of benzene rings is 2. The third-order valence-electron chi connectivity index (χ3n) is 4.67. The van der Waals surface area contributed by atoms with Crippen LogP contribution in [0.4, 0.5) is 43.4 Å². The Morgan fingerprint density at radius 2 is 1.43 bits per heavy atom. The Hall–Kier alpha value is -2.58. The van der Waals surface area contributed by atoms with Gasteiger partial charge in [0.25, 0.3) is 0 Å². The van der Waals surface area contributed by atoms with Crippen LogP contribution in [0.25, 0.3) is 0 Å². The molecule has 0 aromatic heterocycles. The molecule has 0 spiro atoms. The molecule has 2 aromatic rings. The fourth-order valence-electron chi connectivity index (χ4n) is 3.23. The van der Waals surface area contributed by atoms with Gasteiger partial charge < -0.3 is 15.1 Å². The molecular formula is C19H18F6N3. The largest absolute Gasteiger partial charge is 0.418 e. The van der Waals surface area contributed by atoms with Crippen LogP contribution < -0.4 is 15.1 Å². The summed E-state index contributed by atoms with van der Waals surface area (Å²) in [7, 11) is 3.46. The van der Waals surface area contributed by atoms with Crippen LogP contribution in [0.3, 0.4) is 0 Å². The Balaban J connectivity index is 1.79. The van der Waals surface area contributed by atoms with Crippen LogP contribution in [-0.2, 0) is 12.4 Å². The fourth-order valence-corrected chi connectivity index (χ4v) is 3.23. The zero-order valence-electron chi connectivity index (χ0n) is 14.7. The molecule has 3 nitrogen and oxygen atoms in total. The number of hydrogen-bond acceptors (Lipinski definition) is 3. The van der Waals surface area contributed by atoms with Crippen molar-refractivity contribution in [3.8, 4) is 0 Å². The Bertz CT molecular complexity index is 823. The second kappa shape index (κ2) is 7.44. The van der Waals surface area contributed by atoms with Gasteiger partial charge in [-0.05, 0) is 36.4 Å². The Kier molecular flexibility index (Phi) is 5.36. The van der Waals surface area contributed by atoms with E-state index >= 15 is 0 Å². The molecule has 1 aliphatic rings. The van der Waals surface area contributed by atoms with E-state index < -0.39 is 23.5 Å². The molecule has 2 aromatic carbocycles. The van der Waals surface area contributed by atoms with E-state index in [1.165, 1.54) is 18.2 Å². The van der Waals surface area contributed by atoms with Gasteiger partial charge in [0, 0.05) is 44.6 Å². The smallest absolute Gasteiger partial charge is 0.383 e. The molecule has 151 valence electrons. The highest BCUT2D eigenvalue weighted by molar-refractivity contribution is 5.65. The van der Waals surface area contributed by atoms with E-state index in [2.05, 4.69) is 12.4 Å². The number of alkyl halides is 6. The van der Waals surface area contributed by atoms with Gasteiger partial charge in [-0.15, -0.1) is 0 Å². The van der Waals surface area contributed by atoms with Crippen LogP contribution >= 0.6 is 0 Å². The molecule has 9 heteroatoms. The molecule has 0 saturated carbocycles. The van der Waals surface area contributed by atoms with Crippen LogP contribution in [0.1, 0.15) is 11.1 Å². The average molecular weight is 402 g/mol. The number of halogens is 6. The third-order valence-corrected chi connectivity index (χ3v) is 4.67. The standard InChI is InChI=1S/C19H18F6N3/c1-26-14-5-6-16(19(23,24)25)17(12-14)28-9-7-27(8-10-28)15-4-2-3-13(11-15)18(20,21)22/h2-6,11-12,26H,1,7-10H2. The lowest BCUT2D eigenvalue weighted by atomic mass is 10.1. The maximum atomic E-state index is 13.4. The number of piperazine rings is 1. The molecule has 0 amide bonds. The second-order valence-electron chi connectivity index (χ2n) is 6.43. The summed E-state index contributed by atoms with van der Waals surface area (Å²) in [5.74, 6) is 0. The fraction of sp³-hybridized carbons (Fsp3) is 0.316. The van der Waals surface area contributed by atoms with E-state index in [1.807, 2.05) is 0 Å². The minimum Gasteiger partial charge on any atom is -0.383 e. The number of nitrogens with zero attached hydrogens (tertiary/aromatic N) is 2. The summed E-state index contributed by atoms with van der Waals surface area (Å²) >= 11 is 0. The zero-order chi connectivity index (χ0) is 20.5. The Morgan fingerprint density at radius 1 is 0.786 bits per heavy atom. The second-order valence-corrected chi connectivity index (χ2v) is 6.43. The number of hydrogen-bond donors (Lipinski definition) is 1. The van der Waals surface area contributed by atoms with Crippen LogP contribution in [0, 0.1) is 7.05 Å². The molecule has 1 fully saturated rings. The van der Waals surface area contributed by atoms with E-state index in [1.54, 1.807) is 15.9 Å². The van der Waals surface area contributed by atoms with E-state index in [0.29, 0.717) is 24.5 Å². The lowest BCUT2D eigenvalue weighted by Gasteiger charge is -2.38. The van der Waals surface area contributed by atoms with Crippen LogP contribution in [-0.4, -0.2) is 26.2 Å². The normalized spacial score (nSPS) is 15.7. The molecule has 1 radical (unpaired) electrons. The van der Waals surface area contributed by atoms with Crippen LogP contribution in [0.15, 0.2) is 42.5 Å². The minimum absolute atomic E-state index is 0.0323. The lowest BCUT2D eigenvalue weighted by molar-refractivity contribution is -0.138. The first kappa shape index (κ1) is 20.2. The van der Waals surface area contributed by atoms with Crippen molar-refractivity contribution in [2.45, 2.75) is 12.4 Å². The highest BCUT2D eigenvalue weighted by Crippen LogP contribution is 2.39. The number of anilines is 3. The van der Waals surface area contributed by atoms with Crippen LogP contribution in [0.2, 0.25) is 0 Å². The van der Waals surface area contributed by atoms with E-state index in [4.69, 9.17) is 0 Å². The van der Waals surface area contributed by atoms with Gasteiger partial charge in [-0.2, -0.15) is 26.3 Å². The van der Waals surface area contributed by atoms with Gasteiger partial charge in [0.1, 0.15) is 0 Å². The molecule has 1 aliphatic heterocycles. The van der Waals surface area contributed by atoms with E-state index in [0.717, 1.165) is 18.2 Å². The van der Waals surface area contributed by atoms with E-state index in [9.17, 15) is 26.3 Å². The average Bonchev–Trinajstić information content (AvgIpc) is 2.66. The summed E-state index contributed by atoms with van der Waals surface area (Å²) in [5.41, 5.74) is -0.619. The van der Waals surface area contributed by atoms with Crippen molar-refractivity contribution in [1.29, 1.82) is 0 Å². The highest BCUT2D eigenvalue weighted by atomic mass is 19.4. The predicted molar refractivity (Wildman–Crippen MR) is 96.3 cm³/mol. The van der Waals surface area contributed by atoms with Crippen molar-refractivity contribution in [3.05, 3.63) is 60.6 Å². The van der Waals surface area contributed by atoms with Gasteiger partial charge in [-0.3, -0.25) is 0 Å². The van der Waals surface area contributed by atoms with Crippen molar-refractivity contribution in [2.24, 2.45) is 0 Å². The van der Waals surface area contributed by atoms with E-state index in [-0.39, 0.29) is 18.8 Å². The Morgan fingerprint density at radius 3 is 2.00 bits per heavy atom. The van der Waals surface area contributed by atoms with Gasteiger partial charge >= 0.3 is 12.4 Å². The maximum absolute atomic E-state index is 13.4. The molecule has 0 aliphatic carbocycles. The highest BCUT2D eigenvalue weighted by Gasteiger charge is 2.36. The lowest BCUT2D eigenvalue weighted by Crippen LogP contribution is -2.47. The van der Waals surface area contributed by atoms with Gasteiger partial charge in [-0.25, -0.2) is 0 Å². The minimum atomic E-state index is -4.51. The molecule has 1 saturated heterocycles. The van der Waals surface area contributed by atoms with Crippen molar-refractivity contribution in [3.63, 3.8) is 0 Å². The van der Waals surface area contributed by atoms with Gasteiger partial charge in [0.2, 0.25) is 0 Å². The molecule has 1 heterocycles. The van der Waals surface area contributed by atoms with Gasteiger partial charge in [0.15, 0.2) is 0 Å². The first-order valence-corrected chi connectivity index (χ1v) is 8.51. The van der Waals surface area contributed by atoms with Crippen molar-refractivity contribution < 1.29 is 26.3 Å². The summed E-state index contributed by atoms with van der Waals surface area (Å²) in [6.07, 6.45) is -8.95. The van der Waals surface area contributed by atoms with Crippen molar-refractivity contribution in [2.75, 3.05) is 41.3 Å². The predicted octanol–water partition coefficient (Wildman–Crippen LogP) is 5.25. The third kappa shape index (κ3) is 4.28. The van der Waals surface area contributed by atoms with Gasteiger partial charge in [0.05, 0.1) is 16.8 Å². The molecular weight excluding hydrogens is 384 g/mol. The zero-order valence-corrected chi connectivity index (χ0v) is 14.7. The summed E-state index contributed by atoms with van der Waals surface area (Å²) in [6.45, 7) is 1.11. The summed E-state index contributed by atoms with van der Waals surface area (Å²) in [4.78, 5) is 3.33. The number of nitrogens with one attached hydrogen (secondary N) is 1. The number of rotatable bonds is 3. The molecule has 0 bridgehead atoms. The molecule has 3 rings (SSSR count). The monoisotopic (exact) mass is 402 g/mol. The molecule has 0 atom stereocenters. The first-order valence-electron chi connectivity index (χ1n) is 8.51. The summed E-state index contributed by atoms with van der Waals surface area (Å²) < 4.78 is 78.8. The van der Waals surface area contributed by atoms with Crippen molar-refractivity contribution >= 4 is 17.1 Å². The van der Waals surface area contributed by atoms with Crippen LogP contribution in [0.5, 0.6) is 0 Å². The first-order chi connectivity index (χ1) is 13.1.